The largest absolute Gasteiger partial charge is 0.497 e. The van der Waals surface area contributed by atoms with E-state index in [0.29, 0.717) is 40.0 Å². The van der Waals surface area contributed by atoms with Crippen molar-refractivity contribution in [3.05, 3.63) is 46.5 Å². The summed E-state index contributed by atoms with van der Waals surface area (Å²) in [5.74, 6) is 3.06. The summed E-state index contributed by atoms with van der Waals surface area (Å²) in [5, 5.41) is 9.33. The second kappa shape index (κ2) is 8.30. The Morgan fingerprint density at radius 3 is 2.61 bits per heavy atom. The van der Waals surface area contributed by atoms with Crippen LogP contribution in [0.1, 0.15) is 11.1 Å². The SMILES string of the molecule is COc1cc(OC)cc(-c2nnc(SCc3cc(Cl)cc4c3OCOC4)o2)c1. The van der Waals surface area contributed by atoms with Crippen LogP contribution in [0.3, 0.4) is 0 Å². The van der Waals surface area contributed by atoms with Gasteiger partial charge < -0.3 is 23.4 Å². The van der Waals surface area contributed by atoms with E-state index in [1.54, 1.807) is 20.3 Å². The maximum Gasteiger partial charge on any atom is 0.277 e. The van der Waals surface area contributed by atoms with Crippen LogP contribution in [0.5, 0.6) is 17.2 Å². The van der Waals surface area contributed by atoms with E-state index in [-0.39, 0.29) is 6.79 Å². The zero-order valence-electron chi connectivity index (χ0n) is 15.2. The van der Waals surface area contributed by atoms with Crippen LogP contribution >= 0.6 is 23.4 Å². The number of benzene rings is 2. The van der Waals surface area contributed by atoms with Crippen molar-refractivity contribution in [3.8, 4) is 28.7 Å². The lowest BCUT2D eigenvalue weighted by molar-refractivity contribution is -0.0168. The first-order valence-electron chi connectivity index (χ1n) is 8.38. The minimum absolute atomic E-state index is 0.231. The molecule has 28 heavy (non-hydrogen) atoms. The van der Waals surface area contributed by atoms with Crippen LogP contribution in [0.2, 0.25) is 5.02 Å². The number of halogens is 1. The molecule has 3 aromatic rings. The maximum absolute atomic E-state index is 6.21. The molecule has 0 bridgehead atoms. The van der Waals surface area contributed by atoms with Crippen LogP contribution in [-0.4, -0.2) is 31.2 Å². The third-order valence-electron chi connectivity index (χ3n) is 4.11. The third-order valence-corrected chi connectivity index (χ3v) is 5.19. The fourth-order valence-electron chi connectivity index (χ4n) is 2.82. The molecule has 2 aromatic carbocycles. The van der Waals surface area contributed by atoms with Gasteiger partial charge >= 0.3 is 0 Å². The highest BCUT2D eigenvalue weighted by molar-refractivity contribution is 7.98. The van der Waals surface area contributed by atoms with E-state index in [9.17, 15) is 0 Å². The van der Waals surface area contributed by atoms with Crippen LogP contribution < -0.4 is 14.2 Å². The lowest BCUT2D eigenvalue weighted by Gasteiger charge is -2.20. The van der Waals surface area contributed by atoms with Crippen LogP contribution in [0.15, 0.2) is 40.0 Å². The Morgan fingerprint density at radius 2 is 1.86 bits per heavy atom. The van der Waals surface area contributed by atoms with Gasteiger partial charge in [-0.25, -0.2) is 0 Å². The summed E-state index contributed by atoms with van der Waals surface area (Å²) in [6.45, 7) is 0.713. The number of methoxy groups -OCH3 is 2. The van der Waals surface area contributed by atoms with Gasteiger partial charge in [0, 0.05) is 33.5 Å². The highest BCUT2D eigenvalue weighted by Crippen LogP contribution is 2.36. The number of nitrogens with zero attached hydrogens (tertiary/aromatic N) is 2. The fourth-order valence-corrected chi connectivity index (χ4v) is 3.81. The average molecular weight is 421 g/mol. The Bertz CT molecular complexity index is 972. The zero-order chi connectivity index (χ0) is 19.5. The Morgan fingerprint density at radius 1 is 1.07 bits per heavy atom. The summed E-state index contributed by atoms with van der Waals surface area (Å²) in [5.41, 5.74) is 2.61. The molecule has 1 aliphatic heterocycles. The van der Waals surface area contributed by atoms with Gasteiger partial charge in [-0.3, -0.25) is 0 Å². The van der Waals surface area contributed by atoms with Gasteiger partial charge in [-0.2, -0.15) is 0 Å². The van der Waals surface area contributed by atoms with Crippen molar-refractivity contribution in [1.29, 1.82) is 0 Å². The molecule has 0 unspecified atom stereocenters. The van der Waals surface area contributed by atoms with Gasteiger partial charge in [0.05, 0.1) is 20.8 Å². The summed E-state index contributed by atoms with van der Waals surface area (Å²) in [7, 11) is 3.18. The van der Waals surface area contributed by atoms with Gasteiger partial charge in [-0.15, -0.1) is 10.2 Å². The lowest BCUT2D eigenvalue weighted by atomic mass is 10.1. The number of rotatable bonds is 6. The fraction of sp³-hybridized carbons (Fsp3) is 0.263. The van der Waals surface area contributed by atoms with Crippen molar-refractivity contribution in [1.82, 2.24) is 10.2 Å². The van der Waals surface area contributed by atoms with Crippen LogP contribution in [0, 0.1) is 0 Å². The molecule has 0 aliphatic carbocycles. The Hall–Kier alpha value is -2.42. The topological polar surface area (TPSA) is 75.8 Å². The number of thioether (sulfide) groups is 1. The Labute approximate surface area is 170 Å². The second-order valence-corrected chi connectivity index (χ2v) is 7.29. The smallest absolute Gasteiger partial charge is 0.277 e. The van der Waals surface area contributed by atoms with Gasteiger partial charge in [-0.05, 0) is 24.3 Å². The van der Waals surface area contributed by atoms with Gasteiger partial charge in [0.1, 0.15) is 17.2 Å². The Balaban J connectivity index is 1.53. The molecule has 0 amide bonds. The number of fused-ring (bicyclic) bond motifs is 1. The Kier molecular flexibility index (Phi) is 5.61. The molecule has 0 fully saturated rings. The molecule has 0 radical (unpaired) electrons. The minimum Gasteiger partial charge on any atom is -0.497 e. The molecule has 9 heteroatoms. The van der Waals surface area contributed by atoms with E-state index in [2.05, 4.69) is 10.2 Å². The second-order valence-electron chi connectivity index (χ2n) is 5.93. The van der Waals surface area contributed by atoms with E-state index in [4.69, 9.17) is 35.0 Å². The zero-order valence-corrected chi connectivity index (χ0v) is 16.8. The summed E-state index contributed by atoms with van der Waals surface area (Å²) in [6.07, 6.45) is 0. The minimum atomic E-state index is 0.231. The van der Waals surface area contributed by atoms with E-state index < -0.39 is 0 Å². The molecule has 1 aromatic heterocycles. The molecule has 4 rings (SSSR count). The predicted molar refractivity (Wildman–Crippen MR) is 104 cm³/mol. The summed E-state index contributed by atoms with van der Waals surface area (Å²) < 4.78 is 27.3. The number of hydrogen-bond donors (Lipinski definition) is 0. The molecular weight excluding hydrogens is 404 g/mol. The molecule has 0 saturated heterocycles. The molecule has 146 valence electrons. The van der Waals surface area contributed by atoms with Crippen molar-refractivity contribution in [2.45, 2.75) is 17.6 Å². The molecule has 0 N–H and O–H groups in total. The van der Waals surface area contributed by atoms with Crippen LogP contribution in [0.25, 0.3) is 11.5 Å². The van der Waals surface area contributed by atoms with E-state index >= 15 is 0 Å². The quantitative estimate of drug-likeness (QED) is 0.537. The lowest BCUT2D eigenvalue weighted by Crippen LogP contribution is -2.12. The number of ether oxygens (including phenoxy) is 4. The molecule has 2 heterocycles. The molecule has 0 atom stereocenters. The van der Waals surface area contributed by atoms with Crippen molar-refractivity contribution >= 4 is 23.4 Å². The van der Waals surface area contributed by atoms with Gasteiger partial charge in [-0.1, -0.05) is 23.4 Å². The van der Waals surface area contributed by atoms with E-state index in [1.807, 2.05) is 24.3 Å². The normalized spacial score (nSPS) is 13.0. The summed E-state index contributed by atoms with van der Waals surface area (Å²) in [4.78, 5) is 0. The van der Waals surface area contributed by atoms with Crippen molar-refractivity contribution < 1.29 is 23.4 Å². The first-order valence-corrected chi connectivity index (χ1v) is 9.74. The van der Waals surface area contributed by atoms with Crippen molar-refractivity contribution in [3.63, 3.8) is 0 Å². The molecule has 0 spiro atoms. The van der Waals surface area contributed by atoms with Crippen LogP contribution in [-0.2, 0) is 17.1 Å². The van der Waals surface area contributed by atoms with E-state index in [0.717, 1.165) is 22.4 Å². The van der Waals surface area contributed by atoms with Crippen molar-refractivity contribution in [2.24, 2.45) is 0 Å². The standard InChI is InChI=1S/C19H17ClN2O5S/c1-23-15-5-11(6-16(7-15)24-2)18-21-22-19(27-18)28-9-13-4-14(20)3-12-8-25-10-26-17(12)13/h3-7H,8-10H2,1-2H3. The molecule has 1 aliphatic rings. The number of hydrogen-bond acceptors (Lipinski definition) is 8. The third kappa shape index (κ3) is 4.04. The van der Waals surface area contributed by atoms with Gasteiger partial charge in [0.15, 0.2) is 6.79 Å². The monoisotopic (exact) mass is 420 g/mol. The summed E-state index contributed by atoms with van der Waals surface area (Å²) in [6, 6.07) is 9.13. The van der Waals surface area contributed by atoms with Gasteiger partial charge in [0.2, 0.25) is 5.89 Å². The highest BCUT2D eigenvalue weighted by atomic mass is 35.5. The first-order chi connectivity index (χ1) is 13.7. The van der Waals surface area contributed by atoms with E-state index in [1.165, 1.54) is 11.8 Å². The van der Waals surface area contributed by atoms with Crippen LogP contribution in [0.4, 0.5) is 0 Å². The van der Waals surface area contributed by atoms with Gasteiger partial charge in [0.25, 0.3) is 5.22 Å². The molecular formula is C19H17ClN2O5S. The highest BCUT2D eigenvalue weighted by Gasteiger charge is 2.18. The number of aromatic nitrogens is 2. The first kappa shape index (κ1) is 18.9. The molecule has 0 saturated carbocycles. The summed E-state index contributed by atoms with van der Waals surface area (Å²) >= 11 is 7.62. The van der Waals surface area contributed by atoms with Crippen molar-refractivity contribution in [2.75, 3.05) is 21.0 Å². The predicted octanol–water partition coefficient (Wildman–Crippen LogP) is 4.57. The maximum atomic E-state index is 6.21. The molecule has 7 nitrogen and oxygen atoms in total. The average Bonchev–Trinajstić information content (AvgIpc) is 3.20.